The van der Waals surface area contributed by atoms with E-state index in [2.05, 4.69) is 4.98 Å². The van der Waals surface area contributed by atoms with E-state index < -0.39 is 0 Å². The minimum Gasteiger partial charge on any atom is -0.340 e. The zero-order valence-electron chi connectivity index (χ0n) is 8.24. The number of carbonyl (C=O) groups is 1. The van der Waals surface area contributed by atoms with Crippen LogP contribution in [0.1, 0.15) is 12.6 Å². The lowest BCUT2D eigenvalue weighted by atomic mass is 10.2. The quantitative estimate of drug-likeness (QED) is 0.744. The summed E-state index contributed by atoms with van der Waals surface area (Å²) in [5, 5.41) is 1.94. The molecule has 1 rings (SSSR count). The van der Waals surface area contributed by atoms with Crippen molar-refractivity contribution in [3.63, 3.8) is 0 Å². The van der Waals surface area contributed by atoms with Gasteiger partial charge in [-0.2, -0.15) is 0 Å². The molecule has 0 aliphatic rings. The van der Waals surface area contributed by atoms with E-state index in [0.29, 0.717) is 12.4 Å². The minimum atomic E-state index is -0.125. The summed E-state index contributed by atoms with van der Waals surface area (Å²) >= 11 is 7.14. The van der Waals surface area contributed by atoms with Crippen molar-refractivity contribution in [2.45, 2.75) is 13.5 Å². The van der Waals surface area contributed by atoms with Crippen LogP contribution in [0.5, 0.6) is 0 Å². The molecule has 0 bridgehead atoms. The Morgan fingerprint density at radius 1 is 1.79 bits per heavy atom. The van der Waals surface area contributed by atoms with Crippen LogP contribution in [0.25, 0.3) is 0 Å². The first-order valence-electron chi connectivity index (χ1n) is 4.33. The lowest BCUT2D eigenvalue weighted by Gasteiger charge is -2.18. The van der Waals surface area contributed by atoms with Gasteiger partial charge in [-0.1, -0.05) is 6.92 Å². The van der Waals surface area contributed by atoms with Crippen LogP contribution in [-0.4, -0.2) is 28.7 Å². The van der Waals surface area contributed by atoms with E-state index in [1.807, 2.05) is 12.3 Å². The Morgan fingerprint density at radius 3 is 3.00 bits per heavy atom. The molecule has 1 aromatic rings. The zero-order chi connectivity index (χ0) is 10.6. The number of thiazole rings is 1. The van der Waals surface area contributed by atoms with Gasteiger partial charge in [0.25, 0.3) is 0 Å². The normalized spacial score (nSPS) is 12.5. The third-order valence-electron chi connectivity index (χ3n) is 1.91. The van der Waals surface area contributed by atoms with Crippen LogP contribution in [0.2, 0.25) is 0 Å². The molecule has 78 valence electrons. The summed E-state index contributed by atoms with van der Waals surface area (Å²) in [5.74, 6) is 0.300. The largest absolute Gasteiger partial charge is 0.340 e. The van der Waals surface area contributed by atoms with Crippen molar-refractivity contribution >= 4 is 28.8 Å². The highest BCUT2D eigenvalue weighted by molar-refractivity contribution is 7.07. The summed E-state index contributed by atoms with van der Waals surface area (Å²) in [5.41, 5.74) is 2.69. The molecule has 0 radical (unpaired) electrons. The van der Waals surface area contributed by atoms with Gasteiger partial charge in [0.05, 0.1) is 17.7 Å². The lowest BCUT2D eigenvalue weighted by Crippen LogP contribution is -2.32. The molecule has 0 aliphatic heterocycles. The third kappa shape index (κ3) is 2.96. The first-order chi connectivity index (χ1) is 6.65. The van der Waals surface area contributed by atoms with Gasteiger partial charge in [-0.05, 0) is 0 Å². The molecule has 3 nitrogen and oxygen atoms in total. The fourth-order valence-corrected chi connectivity index (χ4v) is 1.76. The second-order valence-electron chi connectivity index (χ2n) is 3.23. The molecule has 0 aromatic carbocycles. The van der Waals surface area contributed by atoms with Crippen molar-refractivity contribution in [2.24, 2.45) is 5.92 Å². The second-order valence-corrected chi connectivity index (χ2v) is 4.26. The van der Waals surface area contributed by atoms with Gasteiger partial charge >= 0.3 is 0 Å². The summed E-state index contributed by atoms with van der Waals surface area (Å²) in [6.45, 7) is 2.39. The van der Waals surface area contributed by atoms with Gasteiger partial charge in [0.15, 0.2) is 0 Å². The second kappa shape index (κ2) is 5.32. The zero-order valence-corrected chi connectivity index (χ0v) is 9.81. The highest BCUT2D eigenvalue weighted by atomic mass is 35.5. The summed E-state index contributed by atoms with van der Waals surface area (Å²) in [6, 6.07) is 0. The standard InChI is InChI=1S/C9H13ClN2OS/c1-7(3-10)9(13)12(2)4-8-5-14-6-11-8/h5-7H,3-4H2,1-2H3. The number of halogens is 1. The highest BCUT2D eigenvalue weighted by Crippen LogP contribution is 2.08. The maximum absolute atomic E-state index is 11.6. The Labute approximate surface area is 92.7 Å². The monoisotopic (exact) mass is 232 g/mol. The molecule has 0 fully saturated rings. The highest BCUT2D eigenvalue weighted by Gasteiger charge is 2.16. The van der Waals surface area contributed by atoms with Gasteiger partial charge < -0.3 is 4.90 Å². The van der Waals surface area contributed by atoms with Crippen LogP contribution in [0, 0.1) is 5.92 Å². The summed E-state index contributed by atoms with van der Waals surface area (Å²) in [7, 11) is 1.77. The molecular formula is C9H13ClN2OS. The molecule has 1 unspecified atom stereocenters. The van der Waals surface area contributed by atoms with Crippen molar-refractivity contribution < 1.29 is 4.79 Å². The fraction of sp³-hybridized carbons (Fsp3) is 0.556. The van der Waals surface area contributed by atoms with E-state index in [4.69, 9.17) is 11.6 Å². The van der Waals surface area contributed by atoms with Crippen molar-refractivity contribution in [3.8, 4) is 0 Å². The van der Waals surface area contributed by atoms with Gasteiger partial charge in [0.1, 0.15) is 0 Å². The third-order valence-corrected chi connectivity index (χ3v) is 3.01. The minimum absolute atomic E-state index is 0.0630. The predicted octanol–water partition coefficient (Wildman–Crippen LogP) is 1.98. The summed E-state index contributed by atoms with van der Waals surface area (Å²) in [6.07, 6.45) is 0. The number of amides is 1. The molecule has 0 aliphatic carbocycles. The van der Waals surface area contributed by atoms with Crippen LogP contribution in [0.4, 0.5) is 0 Å². The summed E-state index contributed by atoms with van der Waals surface area (Å²) in [4.78, 5) is 17.4. The Balaban J connectivity index is 2.50. The molecule has 14 heavy (non-hydrogen) atoms. The van der Waals surface area contributed by atoms with Gasteiger partial charge in [0.2, 0.25) is 5.91 Å². The molecule has 0 N–H and O–H groups in total. The maximum Gasteiger partial charge on any atom is 0.226 e. The van der Waals surface area contributed by atoms with Gasteiger partial charge in [0, 0.05) is 24.2 Å². The predicted molar refractivity (Wildman–Crippen MR) is 58.5 cm³/mol. The van der Waals surface area contributed by atoms with E-state index in [1.54, 1.807) is 17.5 Å². The molecule has 1 heterocycles. The topological polar surface area (TPSA) is 33.2 Å². The van der Waals surface area contributed by atoms with E-state index >= 15 is 0 Å². The Hall–Kier alpha value is -0.610. The van der Waals surface area contributed by atoms with Crippen molar-refractivity contribution in [3.05, 3.63) is 16.6 Å². The van der Waals surface area contributed by atoms with E-state index in [-0.39, 0.29) is 11.8 Å². The van der Waals surface area contributed by atoms with Crippen LogP contribution < -0.4 is 0 Å². The number of nitrogens with zero attached hydrogens (tertiary/aromatic N) is 2. The van der Waals surface area contributed by atoms with Crippen LogP contribution >= 0.6 is 22.9 Å². The van der Waals surface area contributed by atoms with Crippen molar-refractivity contribution in [2.75, 3.05) is 12.9 Å². The van der Waals surface area contributed by atoms with E-state index in [1.165, 1.54) is 11.3 Å². The Morgan fingerprint density at radius 2 is 2.50 bits per heavy atom. The molecule has 1 aromatic heterocycles. The number of carbonyl (C=O) groups excluding carboxylic acids is 1. The van der Waals surface area contributed by atoms with Gasteiger partial charge in [-0.25, -0.2) is 4.98 Å². The molecular weight excluding hydrogens is 220 g/mol. The van der Waals surface area contributed by atoms with Crippen molar-refractivity contribution in [1.29, 1.82) is 0 Å². The first-order valence-corrected chi connectivity index (χ1v) is 5.81. The smallest absolute Gasteiger partial charge is 0.226 e. The van der Waals surface area contributed by atoms with E-state index in [9.17, 15) is 4.79 Å². The van der Waals surface area contributed by atoms with Crippen LogP contribution in [0.15, 0.2) is 10.9 Å². The number of rotatable bonds is 4. The average Bonchev–Trinajstić information content (AvgIpc) is 2.68. The molecule has 0 saturated heterocycles. The molecule has 0 spiro atoms. The van der Waals surface area contributed by atoms with Crippen LogP contribution in [-0.2, 0) is 11.3 Å². The Kier molecular flexibility index (Phi) is 4.35. The number of aromatic nitrogens is 1. The summed E-state index contributed by atoms with van der Waals surface area (Å²) < 4.78 is 0. The van der Waals surface area contributed by atoms with Crippen molar-refractivity contribution in [1.82, 2.24) is 9.88 Å². The van der Waals surface area contributed by atoms with Gasteiger partial charge in [-0.3, -0.25) is 4.79 Å². The SMILES string of the molecule is CC(CCl)C(=O)N(C)Cc1cscn1. The molecule has 0 saturated carbocycles. The Bertz CT molecular complexity index is 289. The first kappa shape index (κ1) is 11.5. The van der Waals surface area contributed by atoms with Gasteiger partial charge in [-0.15, -0.1) is 22.9 Å². The lowest BCUT2D eigenvalue weighted by molar-refractivity contribution is -0.133. The average molecular weight is 233 g/mol. The fourth-order valence-electron chi connectivity index (χ4n) is 1.08. The van der Waals surface area contributed by atoms with Crippen LogP contribution in [0.3, 0.4) is 0 Å². The molecule has 1 amide bonds. The molecule has 5 heteroatoms. The van der Waals surface area contributed by atoms with E-state index in [0.717, 1.165) is 5.69 Å². The number of alkyl halides is 1. The maximum atomic E-state index is 11.6. The number of hydrogen-bond acceptors (Lipinski definition) is 3. The molecule has 1 atom stereocenters. The number of hydrogen-bond donors (Lipinski definition) is 0.